The van der Waals surface area contributed by atoms with Crippen LogP contribution < -0.4 is 18.1 Å². The van der Waals surface area contributed by atoms with Crippen molar-refractivity contribution in [2.75, 3.05) is 0 Å². The monoisotopic (exact) mass is 264 g/mol. The molecule has 4 rings (SSSR count). The van der Waals surface area contributed by atoms with E-state index in [1.54, 1.807) is 48.5 Å². The van der Waals surface area contributed by atoms with Crippen LogP contribution in [0.1, 0.15) is 0 Å². The normalized spacial score (nSPS) is 22.4. The van der Waals surface area contributed by atoms with Gasteiger partial charge in [-0.1, -0.05) is 0 Å². The Kier molecular flexibility index (Phi) is 1.60. The van der Waals surface area contributed by atoms with Crippen molar-refractivity contribution in [3.8, 4) is 23.0 Å². The summed E-state index contributed by atoms with van der Waals surface area (Å²) in [6.45, 7) is 0. The summed E-state index contributed by atoms with van der Waals surface area (Å²) in [6, 6.07) is 13.8. The quantitative estimate of drug-likeness (QED) is 0.741. The molecule has 0 fully saturated rings. The van der Waals surface area contributed by atoms with E-state index in [2.05, 4.69) is 0 Å². The van der Waals surface area contributed by atoms with Gasteiger partial charge in [0.15, 0.2) is 0 Å². The molecule has 1 N–H and O–H groups in total. The average Bonchev–Trinajstić information content (AvgIpc) is 2.81. The predicted octanol–water partition coefficient (Wildman–Crippen LogP) is 3.05. The molecular weight excluding hydrogens is 255 g/mol. The molecule has 0 aromatic heterocycles. The summed E-state index contributed by atoms with van der Waals surface area (Å²) >= 11 is 0. The van der Waals surface area contributed by atoms with E-state index < -0.39 is 7.74 Å². The van der Waals surface area contributed by atoms with E-state index in [0.29, 0.717) is 23.0 Å². The third-order valence-corrected chi connectivity index (χ3v) is 4.71. The Morgan fingerprint density at radius 1 is 0.611 bits per heavy atom. The van der Waals surface area contributed by atoms with Gasteiger partial charge in [-0.25, -0.2) is 0 Å². The number of rotatable bonds is 0. The van der Waals surface area contributed by atoms with Crippen LogP contribution in [0.25, 0.3) is 0 Å². The third-order valence-electron chi connectivity index (χ3n) is 2.70. The van der Waals surface area contributed by atoms with E-state index >= 15 is 0 Å². The molecule has 6 heteroatoms. The van der Waals surface area contributed by atoms with Crippen LogP contribution in [0.5, 0.6) is 23.0 Å². The van der Waals surface area contributed by atoms with Crippen molar-refractivity contribution in [3.05, 3.63) is 48.5 Å². The Balaban J connectivity index is 1.80. The van der Waals surface area contributed by atoms with Gasteiger partial charge in [-0.2, -0.15) is 0 Å². The van der Waals surface area contributed by atoms with Gasteiger partial charge in [0.05, 0.1) is 0 Å². The second kappa shape index (κ2) is 2.88. The van der Waals surface area contributed by atoms with Crippen LogP contribution in [0, 0.1) is 0 Å². The Hall–Kier alpha value is -1.97. The van der Waals surface area contributed by atoms with E-state index in [9.17, 15) is 4.89 Å². The summed E-state index contributed by atoms with van der Waals surface area (Å²) in [5.41, 5.74) is 0. The summed E-state index contributed by atoms with van der Waals surface area (Å²) in [6.07, 6.45) is 0. The van der Waals surface area contributed by atoms with E-state index in [0.717, 1.165) is 0 Å². The van der Waals surface area contributed by atoms with Gasteiger partial charge in [-0.05, 0) is 0 Å². The fourth-order valence-corrected chi connectivity index (χ4v) is 4.11. The summed E-state index contributed by atoms with van der Waals surface area (Å²) in [5.74, 6) is 1.63. The van der Waals surface area contributed by atoms with E-state index in [1.165, 1.54) is 0 Å². The number of para-hydroxylation sites is 4. The van der Waals surface area contributed by atoms with Crippen LogP contribution in [0.3, 0.4) is 0 Å². The zero-order chi connectivity index (χ0) is 12.2. The van der Waals surface area contributed by atoms with Crippen molar-refractivity contribution in [1.29, 1.82) is 0 Å². The summed E-state index contributed by atoms with van der Waals surface area (Å²) in [5, 5.41) is 0. The molecule has 1 spiro atoms. The minimum absolute atomic E-state index is 0.408. The van der Waals surface area contributed by atoms with Crippen LogP contribution in [0.4, 0.5) is 0 Å². The molecular formula is C12H9O5P. The van der Waals surface area contributed by atoms with Crippen molar-refractivity contribution >= 4 is 7.74 Å². The van der Waals surface area contributed by atoms with Gasteiger partial charge in [0.1, 0.15) is 0 Å². The number of benzene rings is 2. The molecule has 0 saturated carbocycles. The SMILES string of the molecule is OP12(Oc3ccccc3O1)Oc1ccccc1O2. The molecule has 0 saturated heterocycles. The van der Waals surface area contributed by atoms with Gasteiger partial charge in [0.2, 0.25) is 0 Å². The first-order valence-electron chi connectivity index (χ1n) is 5.40. The van der Waals surface area contributed by atoms with Crippen molar-refractivity contribution in [3.63, 3.8) is 0 Å². The van der Waals surface area contributed by atoms with E-state index in [1.807, 2.05) is 0 Å². The molecule has 2 aliphatic rings. The van der Waals surface area contributed by atoms with Crippen LogP contribution in [0.15, 0.2) is 48.5 Å². The van der Waals surface area contributed by atoms with Crippen molar-refractivity contribution in [2.24, 2.45) is 0 Å². The van der Waals surface area contributed by atoms with Gasteiger partial charge >= 0.3 is 102 Å². The maximum atomic E-state index is 10.6. The van der Waals surface area contributed by atoms with Crippen LogP contribution >= 0.6 is 7.74 Å². The zero-order valence-corrected chi connectivity index (χ0v) is 10.0. The van der Waals surface area contributed by atoms with Crippen LogP contribution in [-0.2, 0) is 0 Å². The molecule has 2 aliphatic heterocycles. The average molecular weight is 264 g/mol. The van der Waals surface area contributed by atoms with Crippen LogP contribution in [0.2, 0.25) is 0 Å². The van der Waals surface area contributed by atoms with Crippen LogP contribution in [-0.4, -0.2) is 4.89 Å². The van der Waals surface area contributed by atoms with Gasteiger partial charge in [-0.3, -0.25) is 0 Å². The molecule has 0 atom stereocenters. The van der Waals surface area contributed by atoms with E-state index in [-0.39, 0.29) is 0 Å². The molecule has 0 aliphatic carbocycles. The Morgan fingerprint density at radius 2 is 0.889 bits per heavy atom. The molecule has 0 bridgehead atoms. The number of hydrogen-bond donors (Lipinski definition) is 1. The molecule has 0 radical (unpaired) electrons. The zero-order valence-electron chi connectivity index (χ0n) is 9.15. The molecule has 2 aromatic carbocycles. The van der Waals surface area contributed by atoms with Crippen molar-refractivity contribution in [1.82, 2.24) is 0 Å². The minimum atomic E-state index is -4.56. The first-order chi connectivity index (χ1) is 8.64. The van der Waals surface area contributed by atoms with E-state index in [4.69, 9.17) is 18.1 Å². The molecule has 2 aromatic rings. The molecule has 92 valence electrons. The maximum absolute atomic E-state index is 10.6. The van der Waals surface area contributed by atoms with Gasteiger partial charge in [-0.15, -0.1) is 0 Å². The number of hydrogen-bond acceptors (Lipinski definition) is 5. The van der Waals surface area contributed by atoms with Gasteiger partial charge in [0.25, 0.3) is 0 Å². The molecule has 18 heavy (non-hydrogen) atoms. The summed E-state index contributed by atoms with van der Waals surface area (Å²) in [7, 11) is -4.56. The molecule has 0 unspecified atom stereocenters. The second-order valence-electron chi connectivity index (χ2n) is 4.03. The first-order valence-corrected chi connectivity index (χ1v) is 7.26. The van der Waals surface area contributed by atoms with Crippen molar-refractivity contribution in [2.45, 2.75) is 0 Å². The Bertz CT molecular complexity index is 543. The van der Waals surface area contributed by atoms with Gasteiger partial charge in [0, 0.05) is 0 Å². The van der Waals surface area contributed by atoms with Crippen molar-refractivity contribution < 1.29 is 23.0 Å². The predicted molar refractivity (Wildman–Crippen MR) is 64.5 cm³/mol. The Labute approximate surface area is 103 Å². The summed E-state index contributed by atoms with van der Waals surface area (Å²) in [4.78, 5) is 10.6. The fraction of sp³-hybridized carbons (Fsp3) is 0. The third kappa shape index (κ3) is 1.23. The topological polar surface area (TPSA) is 57.2 Å². The number of fused-ring (bicyclic) bond motifs is 2. The second-order valence-corrected chi connectivity index (χ2v) is 6.31. The summed E-state index contributed by atoms with van der Waals surface area (Å²) < 4.78 is 21.8. The van der Waals surface area contributed by atoms with Gasteiger partial charge < -0.3 is 0 Å². The molecule has 0 amide bonds. The molecule has 2 heterocycles. The first kappa shape index (κ1) is 10.00. The fourth-order valence-electron chi connectivity index (χ4n) is 1.97. The molecule has 5 nitrogen and oxygen atoms in total. The standard InChI is InChI=1S/C12H9O5P/c13-18(14-9-5-1-2-6-10(9)15-18)16-11-7-3-4-8-12(11)17-18/h1-8,13H. The Morgan fingerprint density at radius 3 is 1.17 bits per heavy atom.